The molecule has 0 aliphatic heterocycles. The molecule has 1 aromatic heterocycles. The molecule has 1 fully saturated rings. The van der Waals surface area contributed by atoms with Crippen LogP contribution in [0.3, 0.4) is 0 Å². The monoisotopic (exact) mass is 199 g/mol. The van der Waals surface area contributed by atoms with E-state index in [-0.39, 0.29) is 0 Å². The van der Waals surface area contributed by atoms with Crippen molar-refractivity contribution in [2.24, 2.45) is 0 Å². The molecule has 1 aliphatic carbocycles. The van der Waals surface area contributed by atoms with Gasteiger partial charge in [-0.05, 0) is 25.0 Å². The first kappa shape index (κ1) is 8.65. The van der Waals surface area contributed by atoms with Gasteiger partial charge in [-0.3, -0.25) is 4.98 Å². The van der Waals surface area contributed by atoms with E-state index < -0.39 is 0 Å². The second kappa shape index (κ2) is 3.19. The molecule has 0 saturated heterocycles. The molecule has 0 unspecified atom stereocenters. The molecule has 0 amide bonds. The van der Waals surface area contributed by atoms with Crippen LogP contribution in [0.2, 0.25) is 0 Å². The van der Waals surface area contributed by atoms with Crippen LogP contribution in [0.15, 0.2) is 30.5 Å². The summed E-state index contributed by atoms with van der Waals surface area (Å²) in [6.07, 6.45) is 4.43. The fourth-order valence-electron chi connectivity index (χ4n) is 1.77. The molecule has 1 saturated carbocycles. The summed E-state index contributed by atoms with van der Waals surface area (Å²) in [6, 6.07) is 8.66. The Labute approximate surface area is 88.8 Å². The highest BCUT2D eigenvalue weighted by atomic mass is 15.2. The van der Waals surface area contributed by atoms with Gasteiger partial charge in [0, 0.05) is 13.1 Å². The molecule has 0 bridgehead atoms. The fraction of sp³-hybridized carbons (Fsp3) is 0.333. The predicted octanol–water partition coefficient (Wildman–Crippen LogP) is 2.23. The summed E-state index contributed by atoms with van der Waals surface area (Å²) in [5.41, 5.74) is 1.94. The van der Waals surface area contributed by atoms with Gasteiger partial charge in [-0.2, -0.15) is 0 Å². The maximum atomic E-state index is 4.60. The average molecular weight is 199 g/mol. The average Bonchev–Trinajstić information content (AvgIpc) is 3.11. The summed E-state index contributed by atoms with van der Waals surface area (Å²) in [7, 11) is 2.09. The van der Waals surface area contributed by atoms with Gasteiger partial charge < -0.3 is 4.90 Å². The summed E-state index contributed by atoms with van der Waals surface area (Å²) in [5, 5.41) is 0. The molecule has 76 valence electrons. The van der Waals surface area contributed by atoms with E-state index in [4.69, 9.17) is 0 Å². The number of nitrogens with zero attached hydrogens (tertiary/aromatic N) is 3. The summed E-state index contributed by atoms with van der Waals surface area (Å²) < 4.78 is 0. The third kappa shape index (κ3) is 1.54. The van der Waals surface area contributed by atoms with Crippen molar-refractivity contribution in [1.29, 1.82) is 0 Å². The molecule has 3 rings (SSSR count). The van der Waals surface area contributed by atoms with E-state index in [2.05, 4.69) is 21.9 Å². The van der Waals surface area contributed by atoms with E-state index in [0.29, 0.717) is 6.04 Å². The largest absolute Gasteiger partial charge is 0.355 e. The second-order valence-corrected chi connectivity index (χ2v) is 4.06. The topological polar surface area (TPSA) is 29.0 Å². The van der Waals surface area contributed by atoms with E-state index in [1.165, 1.54) is 12.8 Å². The maximum Gasteiger partial charge on any atom is 0.147 e. The zero-order valence-electron chi connectivity index (χ0n) is 8.72. The summed E-state index contributed by atoms with van der Waals surface area (Å²) in [5.74, 6) is 0.983. The zero-order valence-corrected chi connectivity index (χ0v) is 8.72. The number of hydrogen-bond donors (Lipinski definition) is 0. The Morgan fingerprint density at radius 1 is 1.20 bits per heavy atom. The number of benzene rings is 1. The summed E-state index contributed by atoms with van der Waals surface area (Å²) in [6.45, 7) is 0. The minimum Gasteiger partial charge on any atom is -0.355 e. The van der Waals surface area contributed by atoms with E-state index in [0.717, 1.165) is 16.9 Å². The smallest absolute Gasteiger partial charge is 0.147 e. The number of anilines is 1. The van der Waals surface area contributed by atoms with Gasteiger partial charge in [-0.15, -0.1) is 0 Å². The molecule has 2 aromatic rings. The van der Waals surface area contributed by atoms with Gasteiger partial charge in [-0.25, -0.2) is 4.98 Å². The Morgan fingerprint density at radius 3 is 2.67 bits per heavy atom. The number of rotatable bonds is 2. The van der Waals surface area contributed by atoms with E-state index >= 15 is 0 Å². The van der Waals surface area contributed by atoms with Gasteiger partial charge in [0.2, 0.25) is 0 Å². The highest BCUT2D eigenvalue weighted by Crippen LogP contribution is 2.29. The lowest BCUT2D eigenvalue weighted by atomic mass is 10.3. The van der Waals surface area contributed by atoms with Crippen molar-refractivity contribution in [2.75, 3.05) is 11.9 Å². The Hall–Kier alpha value is -1.64. The fourth-order valence-corrected chi connectivity index (χ4v) is 1.77. The van der Waals surface area contributed by atoms with E-state index in [9.17, 15) is 0 Å². The molecular formula is C12H13N3. The molecule has 3 heteroatoms. The molecule has 1 aliphatic rings. The molecule has 1 heterocycles. The van der Waals surface area contributed by atoms with Crippen LogP contribution in [0, 0.1) is 0 Å². The van der Waals surface area contributed by atoms with E-state index in [1.54, 1.807) is 0 Å². The third-order valence-corrected chi connectivity index (χ3v) is 2.89. The Kier molecular flexibility index (Phi) is 1.84. The van der Waals surface area contributed by atoms with Gasteiger partial charge in [0.15, 0.2) is 0 Å². The van der Waals surface area contributed by atoms with Gasteiger partial charge in [0.05, 0.1) is 17.2 Å². The first-order chi connectivity index (χ1) is 7.34. The first-order valence-corrected chi connectivity index (χ1v) is 5.29. The van der Waals surface area contributed by atoms with Gasteiger partial charge in [0.25, 0.3) is 0 Å². The van der Waals surface area contributed by atoms with Crippen LogP contribution in [0.1, 0.15) is 12.8 Å². The van der Waals surface area contributed by atoms with Crippen molar-refractivity contribution in [3.05, 3.63) is 30.5 Å². The molecule has 0 N–H and O–H groups in total. The van der Waals surface area contributed by atoms with Crippen molar-refractivity contribution in [1.82, 2.24) is 9.97 Å². The molecule has 3 nitrogen and oxygen atoms in total. The highest BCUT2D eigenvalue weighted by Gasteiger charge is 2.27. The summed E-state index contributed by atoms with van der Waals surface area (Å²) in [4.78, 5) is 11.2. The Morgan fingerprint density at radius 2 is 1.93 bits per heavy atom. The minimum absolute atomic E-state index is 0.681. The normalized spacial score (nSPS) is 15.5. The highest BCUT2D eigenvalue weighted by molar-refractivity contribution is 5.75. The number of para-hydroxylation sites is 2. The maximum absolute atomic E-state index is 4.60. The lowest BCUT2D eigenvalue weighted by Crippen LogP contribution is -2.20. The third-order valence-electron chi connectivity index (χ3n) is 2.89. The van der Waals surface area contributed by atoms with Crippen molar-refractivity contribution < 1.29 is 0 Å². The molecule has 1 aromatic carbocycles. The van der Waals surface area contributed by atoms with Crippen LogP contribution in [0.25, 0.3) is 11.0 Å². The molecule has 0 spiro atoms. The van der Waals surface area contributed by atoms with Crippen molar-refractivity contribution in [3.8, 4) is 0 Å². The lowest BCUT2D eigenvalue weighted by Gasteiger charge is -2.16. The van der Waals surface area contributed by atoms with Crippen LogP contribution in [0.5, 0.6) is 0 Å². The van der Waals surface area contributed by atoms with Crippen molar-refractivity contribution in [2.45, 2.75) is 18.9 Å². The minimum atomic E-state index is 0.681. The van der Waals surface area contributed by atoms with Gasteiger partial charge in [0.1, 0.15) is 5.82 Å². The first-order valence-electron chi connectivity index (χ1n) is 5.29. The molecule has 15 heavy (non-hydrogen) atoms. The van der Waals surface area contributed by atoms with Crippen LogP contribution < -0.4 is 4.90 Å². The van der Waals surface area contributed by atoms with Crippen LogP contribution in [0.4, 0.5) is 5.82 Å². The van der Waals surface area contributed by atoms with E-state index in [1.807, 2.05) is 30.5 Å². The quantitative estimate of drug-likeness (QED) is 0.742. The van der Waals surface area contributed by atoms with Crippen LogP contribution in [-0.2, 0) is 0 Å². The standard InChI is InChI=1S/C12H13N3/c1-15(9-6-7-9)12-8-13-10-4-2-3-5-11(10)14-12/h2-5,8-9H,6-7H2,1H3. The summed E-state index contributed by atoms with van der Waals surface area (Å²) >= 11 is 0. The van der Waals surface area contributed by atoms with Crippen LogP contribution in [-0.4, -0.2) is 23.1 Å². The second-order valence-electron chi connectivity index (χ2n) is 4.06. The van der Waals surface area contributed by atoms with Crippen molar-refractivity contribution >= 4 is 16.9 Å². The number of aromatic nitrogens is 2. The zero-order chi connectivity index (χ0) is 10.3. The van der Waals surface area contributed by atoms with Gasteiger partial charge >= 0.3 is 0 Å². The number of fused-ring (bicyclic) bond motifs is 1. The lowest BCUT2D eigenvalue weighted by molar-refractivity contribution is 0.891. The SMILES string of the molecule is CN(c1cnc2ccccc2n1)C1CC1. The molecular weight excluding hydrogens is 186 g/mol. The van der Waals surface area contributed by atoms with Crippen LogP contribution >= 0.6 is 0 Å². The Bertz CT molecular complexity index is 491. The molecule has 0 atom stereocenters. The Balaban J connectivity index is 2.05. The van der Waals surface area contributed by atoms with Gasteiger partial charge in [-0.1, -0.05) is 12.1 Å². The van der Waals surface area contributed by atoms with Crippen molar-refractivity contribution in [3.63, 3.8) is 0 Å². The predicted molar refractivity (Wildman–Crippen MR) is 61.0 cm³/mol. The molecule has 0 radical (unpaired) electrons. The number of hydrogen-bond acceptors (Lipinski definition) is 3.